The Bertz CT molecular complexity index is 615. The number of aliphatic hydroxyl groups is 1. The maximum absolute atomic E-state index is 12.3. The second-order valence-corrected chi connectivity index (χ2v) is 4.94. The number of nitrogens with one attached hydrogen (secondary N) is 1. The van der Waals surface area contributed by atoms with Gasteiger partial charge in [0.2, 0.25) is 0 Å². The molecule has 112 valence electrons. The largest absolute Gasteiger partial charge is 0.389 e. The van der Waals surface area contributed by atoms with Crippen molar-refractivity contribution < 1.29 is 9.90 Å². The van der Waals surface area contributed by atoms with Crippen LogP contribution in [-0.4, -0.2) is 20.8 Å². The molecule has 21 heavy (non-hydrogen) atoms. The quantitative estimate of drug-likeness (QED) is 0.888. The van der Waals surface area contributed by atoms with Crippen LogP contribution < -0.4 is 5.32 Å². The van der Waals surface area contributed by atoms with Crippen molar-refractivity contribution in [2.24, 2.45) is 0 Å². The Kier molecular flexibility index (Phi) is 4.75. The number of rotatable bonds is 5. The van der Waals surface area contributed by atoms with Gasteiger partial charge in [0.05, 0.1) is 11.8 Å². The molecule has 1 amide bonds. The highest BCUT2D eigenvalue weighted by molar-refractivity contribution is 6.03. The van der Waals surface area contributed by atoms with Gasteiger partial charge in [-0.05, 0) is 44.0 Å². The molecule has 0 spiro atoms. The van der Waals surface area contributed by atoms with E-state index in [2.05, 4.69) is 10.4 Å². The van der Waals surface area contributed by atoms with Crippen LogP contribution in [0.3, 0.4) is 0 Å². The van der Waals surface area contributed by atoms with E-state index in [1.807, 2.05) is 19.9 Å². The van der Waals surface area contributed by atoms with E-state index < -0.39 is 6.10 Å². The number of benzene rings is 1. The summed E-state index contributed by atoms with van der Waals surface area (Å²) in [4.78, 5) is 12.3. The van der Waals surface area contributed by atoms with Crippen LogP contribution in [0.25, 0.3) is 0 Å². The molecule has 0 saturated carbocycles. The molecule has 0 radical (unpaired) electrons. The number of hydrogen-bond donors (Lipinski definition) is 2. The van der Waals surface area contributed by atoms with Gasteiger partial charge in [-0.25, -0.2) is 0 Å². The van der Waals surface area contributed by atoms with Crippen LogP contribution in [0, 0.1) is 0 Å². The van der Waals surface area contributed by atoms with E-state index in [-0.39, 0.29) is 5.91 Å². The second kappa shape index (κ2) is 6.54. The third-order valence-electron chi connectivity index (χ3n) is 3.38. The summed E-state index contributed by atoms with van der Waals surface area (Å²) in [6, 6.07) is 8.99. The lowest BCUT2D eigenvalue weighted by molar-refractivity contribution is 0.101. The first-order chi connectivity index (χ1) is 10.0. The Morgan fingerprint density at radius 3 is 2.52 bits per heavy atom. The molecule has 0 aliphatic heterocycles. The van der Waals surface area contributed by atoms with Crippen molar-refractivity contribution >= 4 is 11.6 Å². The molecule has 1 heterocycles. The Morgan fingerprint density at radius 1 is 1.33 bits per heavy atom. The van der Waals surface area contributed by atoms with Crippen molar-refractivity contribution in [2.45, 2.75) is 39.8 Å². The SMILES string of the molecule is CCc1cc(C(=O)Nc2ccc(C(C)O)cc2)n(CC)n1. The predicted octanol–water partition coefficient (Wildman–Crippen LogP) is 2.77. The molecular weight excluding hydrogens is 266 g/mol. The maximum atomic E-state index is 12.3. The average molecular weight is 287 g/mol. The molecule has 1 aromatic carbocycles. The molecule has 1 atom stereocenters. The summed E-state index contributed by atoms with van der Waals surface area (Å²) in [5, 5.41) is 16.7. The van der Waals surface area contributed by atoms with Gasteiger partial charge < -0.3 is 10.4 Å². The minimum Gasteiger partial charge on any atom is -0.389 e. The highest BCUT2D eigenvalue weighted by atomic mass is 16.3. The van der Waals surface area contributed by atoms with Gasteiger partial charge in [-0.3, -0.25) is 9.48 Å². The normalized spacial score (nSPS) is 12.2. The van der Waals surface area contributed by atoms with Crippen LogP contribution in [0.2, 0.25) is 0 Å². The third-order valence-corrected chi connectivity index (χ3v) is 3.38. The highest BCUT2D eigenvalue weighted by Gasteiger charge is 2.14. The first kappa shape index (κ1) is 15.3. The van der Waals surface area contributed by atoms with Gasteiger partial charge in [0.1, 0.15) is 5.69 Å². The van der Waals surface area contributed by atoms with Crippen LogP contribution in [0.4, 0.5) is 5.69 Å². The summed E-state index contributed by atoms with van der Waals surface area (Å²) in [7, 11) is 0. The Hall–Kier alpha value is -2.14. The fourth-order valence-electron chi connectivity index (χ4n) is 2.11. The van der Waals surface area contributed by atoms with Gasteiger partial charge in [0.25, 0.3) is 5.91 Å². The number of aromatic nitrogens is 2. The van der Waals surface area contributed by atoms with Gasteiger partial charge in [-0.2, -0.15) is 5.10 Å². The van der Waals surface area contributed by atoms with Crippen molar-refractivity contribution in [3.8, 4) is 0 Å². The number of nitrogens with zero attached hydrogens (tertiary/aromatic N) is 2. The zero-order valence-corrected chi connectivity index (χ0v) is 12.6. The summed E-state index contributed by atoms with van der Waals surface area (Å²) in [6.45, 7) is 6.34. The molecule has 0 fully saturated rings. The van der Waals surface area contributed by atoms with Crippen molar-refractivity contribution in [2.75, 3.05) is 5.32 Å². The van der Waals surface area contributed by atoms with Crippen LogP contribution in [0.15, 0.2) is 30.3 Å². The molecule has 5 nitrogen and oxygen atoms in total. The van der Waals surface area contributed by atoms with E-state index in [9.17, 15) is 9.90 Å². The summed E-state index contributed by atoms with van der Waals surface area (Å²) in [6.07, 6.45) is 0.291. The zero-order valence-electron chi connectivity index (χ0n) is 12.6. The number of hydrogen-bond acceptors (Lipinski definition) is 3. The lowest BCUT2D eigenvalue weighted by atomic mass is 10.1. The molecule has 0 aliphatic rings. The first-order valence-electron chi connectivity index (χ1n) is 7.21. The van der Waals surface area contributed by atoms with Gasteiger partial charge >= 0.3 is 0 Å². The lowest BCUT2D eigenvalue weighted by Gasteiger charge is -2.08. The molecule has 2 rings (SSSR count). The van der Waals surface area contributed by atoms with Crippen molar-refractivity contribution in [3.63, 3.8) is 0 Å². The molecule has 2 aromatic rings. The van der Waals surface area contributed by atoms with E-state index >= 15 is 0 Å². The van der Waals surface area contributed by atoms with E-state index in [0.717, 1.165) is 17.7 Å². The van der Waals surface area contributed by atoms with Gasteiger partial charge in [-0.1, -0.05) is 19.1 Å². The van der Waals surface area contributed by atoms with Crippen molar-refractivity contribution in [1.29, 1.82) is 0 Å². The summed E-state index contributed by atoms with van der Waals surface area (Å²) in [5.74, 6) is -0.172. The van der Waals surface area contributed by atoms with Crippen LogP contribution in [-0.2, 0) is 13.0 Å². The summed E-state index contributed by atoms with van der Waals surface area (Å²) >= 11 is 0. The molecule has 5 heteroatoms. The summed E-state index contributed by atoms with van der Waals surface area (Å²) < 4.78 is 1.71. The van der Waals surface area contributed by atoms with E-state index in [4.69, 9.17) is 0 Å². The Labute approximate surface area is 124 Å². The van der Waals surface area contributed by atoms with E-state index in [1.165, 1.54) is 0 Å². The Balaban J connectivity index is 2.15. The average Bonchev–Trinajstić information content (AvgIpc) is 2.91. The highest BCUT2D eigenvalue weighted by Crippen LogP contribution is 2.16. The minimum absolute atomic E-state index is 0.172. The Morgan fingerprint density at radius 2 is 2.00 bits per heavy atom. The summed E-state index contributed by atoms with van der Waals surface area (Å²) in [5.41, 5.74) is 2.99. The lowest BCUT2D eigenvalue weighted by Crippen LogP contribution is -2.17. The first-order valence-corrected chi connectivity index (χ1v) is 7.21. The van der Waals surface area contributed by atoms with Crippen molar-refractivity contribution in [1.82, 2.24) is 9.78 Å². The number of anilines is 1. The molecule has 0 bridgehead atoms. The number of carbonyl (C=O) groups excluding carboxylic acids is 1. The number of aliphatic hydroxyl groups excluding tert-OH is 1. The predicted molar refractivity (Wildman–Crippen MR) is 82.3 cm³/mol. The zero-order chi connectivity index (χ0) is 15.4. The van der Waals surface area contributed by atoms with Crippen LogP contribution in [0.5, 0.6) is 0 Å². The minimum atomic E-state index is -0.511. The smallest absolute Gasteiger partial charge is 0.273 e. The number of amides is 1. The van der Waals surface area contributed by atoms with Gasteiger partial charge in [-0.15, -0.1) is 0 Å². The topological polar surface area (TPSA) is 67.2 Å². The molecule has 2 N–H and O–H groups in total. The fraction of sp³-hybridized carbons (Fsp3) is 0.375. The van der Waals surface area contributed by atoms with Crippen LogP contribution in [0.1, 0.15) is 48.6 Å². The van der Waals surface area contributed by atoms with Gasteiger partial charge in [0.15, 0.2) is 0 Å². The van der Waals surface area contributed by atoms with E-state index in [1.54, 1.807) is 35.9 Å². The fourth-order valence-corrected chi connectivity index (χ4v) is 2.11. The monoisotopic (exact) mass is 287 g/mol. The third kappa shape index (κ3) is 3.49. The maximum Gasteiger partial charge on any atom is 0.273 e. The number of aryl methyl sites for hydroxylation is 2. The molecule has 1 unspecified atom stereocenters. The molecule has 1 aromatic heterocycles. The molecular formula is C16H21N3O2. The van der Waals surface area contributed by atoms with Crippen molar-refractivity contribution in [3.05, 3.63) is 47.3 Å². The molecule has 0 saturated heterocycles. The molecule has 0 aliphatic carbocycles. The van der Waals surface area contributed by atoms with E-state index in [0.29, 0.717) is 17.9 Å². The standard InChI is InChI=1S/C16H21N3O2/c1-4-13-10-15(19(5-2)18-13)16(21)17-14-8-6-12(7-9-14)11(3)20/h6-11,20H,4-5H2,1-3H3,(H,17,21). The number of carbonyl (C=O) groups is 1. The van der Waals surface area contributed by atoms with Crippen LogP contribution >= 0.6 is 0 Å². The van der Waals surface area contributed by atoms with Gasteiger partial charge in [0, 0.05) is 12.2 Å². The second-order valence-electron chi connectivity index (χ2n) is 4.94.